The van der Waals surface area contributed by atoms with Gasteiger partial charge in [-0.3, -0.25) is 4.98 Å². The summed E-state index contributed by atoms with van der Waals surface area (Å²) in [6.07, 6.45) is 3.44. The van der Waals surface area contributed by atoms with Crippen molar-refractivity contribution in [3.05, 3.63) is 54.4 Å². The van der Waals surface area contributed by atoms with E-state index in [1.807, 2.05) is 43.3 Å². The van der Waals surface area contributed by atoms with Gasteiger partial charge in [0.1, 0.15) is 0 Å². The molecule has 2 heterocycles. The Bertz CT molecular complexity index is 704. The molecule has 19 heavy (non-hydrogen) atoms. The maximum Gasteiger partial charge on any atom is 0.177 e. The molecule has 0 aliphatic carbocycles. The summed E-state index contributed by atoms with van der Waals surface area (Å²) in [4.78, 5) is 4.00. The smallest absolute Gasteiger partial charge is 0.177 e. The van der Waals surface area contributed by atoms with Gasteiger partial charge in [0.15, 0.2) is 11.6 Å². The molecule has 0 saturated carbocycles. The Balaban J connectivity index is 2.23. The highest BCUT2D eigenvalue weighted by atomic mass is 16.5. The number of nitrogen functional groups attached to an aromatic ring is 1. The molecule has 0 aliphatic rings. The molecule has 94 valence electrons. The highest BCUT2D eigenvalue weighted by Gasteiger charge is 2.18. The fourth-order valence-corrected chi connectivity index (χ4v) is 2.12. The lowest BCUT2D eigenvalue weighted by atomic mass is 9.98. The van der Waals surface area contributed by atoms with Crippen LogP contribution in [0.1, 0.15) is 5.56 Å². The molecule has 2 N–H and O–H groups in total. The van der Waals surface area contributed by atoms with Crippen LogP contribution in [-0.4, -0.2) is 10.1 Å². The van der Waals surface area contributed by atoms with E-state index < -0.39 is 0 Å². The van der Waals surface area contributed by atoms with Crippen molar-refractivity contribution in [1.82, 2.24) is 10.1 Å². The maximum atomic E-state index is 5.96. The second-order valence-electron chi connectivity index (χ2n) is 4.32. The molecule has 0 aliphatic heterocycles. The van der Waals surface area contributed by atoms with E-state index in [2.05, 4.69) is 10.1 Å². The van der Waals surface area contributed by atoms with Crippen molar-refractivity contribution >= 4 is 5.82 Å². The molecule has 0 amide bonds. The first-order chi connectivity index (χ1) is 9.27. The maximum absolute atomic E-state index is 5.96. The van der Waals surface area contributed by atoms with Crippen LogP contribution in [-0.2, 0) is 0 Å². The zero-order valence-corrected chi connectivity index (χ0v) is 10.5. The molecule has 4 nitrogen and oxygen atoms in total. The molecule has 0 bridgehead atoms. The van der Waals surface area contributed by atoms with Crippen LogP contribution in [0.25, 0.3) is 22.5 Å². The fraction of sp³-hybridized carbons (Fsp3) is 0.0667. The van der Waals surface area contributed by atoms with Crippen LogP contribution in [0.4, 0.5) is 5.82 Å². The van der Waals surface area contributed by atoms with Crippen LogP contribution >= 0.6 is 0 Å². The summed E-state index contributed by atoms with van der Waals surface area (Å²) in [5.41, 5.74) is 9.88. The van der Waals surface area contributed by atoms with Crippen molar-refractivity contribution in [2.45, 2.75) is 6.92 Å². The van der Waals surface area contributed by atoms with Gasteiger partial charge < -0.3 is 10.3 Å². The van der Waals surface area contributed by atoms with E-state index in [-0.39, 0.29) is 0 Å². The van der Waals surface area contributed by atoms with Crippen LogP contribution < -0.4 is 5.73 Å². The summed E-state index contributed by atoms with van der Waals surface area (Å²) in [6.45, 7) is 2.04. The standard InChI is InChI=1S/C15H13N3O/c1-10-4-2-3-5-12(10)13-14(19-18-15(13)16)11-6-8-17-9-7-11/h2-9H,1H3,(H2,16,18). The van der Waals surface area contributed by atoms with E-state index in [1.54, 1.807) is 12.4 Å². The van der Waals surface area contributed by atoms with Crippen molar-refractivity contribution < 1.29 is 4.52 Å². The van der Waals surface area contributed by atoms with Gasteiger partial charge in [0, 0.05) is 18.0 Å². The van der Waals surface area contributed by atoms with E-state index in [0.717, 1.165) is 22.3 Å². The van der Waals surface area contributed by atoms with Crippen LogP contribution in [0, 0.1) is 6.92 Å². The Hall–Kier alpha value is -2.62. The van der Waals surface area contributed by atoms with Gasteiger partial charge >= 0.3 is 0 Å². The average molecular weight is 251 g/mol. The van der Waals surface area contributed by atoms with Crippen LogP contribution in [0.5, 0.6) is 0 Å². The number of benzene rings is 1. The second-order valence-corrected chi connectivity index (χ2v) is 4.32. The third-order valence-corrected chi connectivity index (χ3v) is 3.08. The molecule has 0 fully saturated rings. The first kappa shape index (κ1) is 11.5. The van der Waals surface area contributed by atoms with E-state index in [0.29, 0.717) is 11.6 Å². The number of nitrogens with zero attached hydrogens (tertiary/aromatic N) is 2. The Morgan fingerprint density at radius 2 is 1.79 bits per heavy atom. The van der Waals surface area contributed by atoms with Crippen molar-refractivity contribution in [3.63, 3.8) is 0 Å². The summed E-state index contributed by atoms with van der Waals surface area (Å²) in [7, 11) is 0. The number of nitrogens with two attached hydrogens (primary N) is 1. The molecule has 3 rings (SSSR count). The first-order valence-electron chi connectivity index (χ1n) is 5.99. The van der Waals surface area contributed by atoms with Gasteiger partial charge in [-0.05, 0) is 30.2 Å². The Morgan fingerprint density at radius 1 is 1.05 bits per heavy atom. The Morgan fingerprint density at radius 3 is 2.53 bits per heavy atom. The van der Waals surface area contributed by atoms with Crippen molar-refractivity contribution in [3.8, 4) is 22.5 Å². The quantitative estimate of drug-likeness (QED) is 0.759. The lowest BCUT2D eigenvalue weighted by Crippen LogP contribution is -1.90. The summed E-state index contributed by atoms with van der Waals surface area (Å²) in [5, 5.41) is 3.89. The molecule has 3 aromatic rings. The monoisotopic (exact) mass is 251 g/mol. The second kappa shape index (κ2) is 4.57. The van der Waals surface area contributed by atoms with Gasteiger partial charge in [-0.2, -0.15) is 0 Å². The van der Waals surface area contributed by atoms with Gasteiger partial charge in [-0.1, -0.05) is 29.4 Å². The lowest BCUT2D eigenvalue weighted by molar-refractivity contribution is 0.436. The first-order valence-corrected chi connectivity index (χ1v) is 5.99. The summed E-state index contributed by atoms with van der Waals surface area (Å²) in [6, 6.07) is 11.8. The predicted molar refractivity (Wildman–Crippen MR) is 74.3 cm³/mol. The lowest BCUT2D eigenvalue weighted by Gasteiger charge is -2.05. The van der Waals surface area contributed by atoms with E-state index >= 15 is 0 Å². The number of hydrogen-bond donors (Lipinski definition) is 1. The fourth-order valence-electron chi connectivity index (χ4n) is 2.12. The molecule has 0 spiro atoms. The number of pyridine rings is 1. The summed E-state index contributed by atoms with van der Waals surface area (Å²) >= 11 is 0. The minimum absolute atomic E-state index is 0.404. The number of rotatable bonds is 2. The highest BCUT2D eigenvalue weighted by Crippen LogP contribution is 2.37. The molecule has 0 radical (unpaired) electrons. The zero-order valence-electron chi connectivity index (χ0n) is 10.5. The molecule has 4 heteroatoms. The van der Waals surface area contributed by atoms with Gasteiger partial charge in [-0.25, -0.2) is 0 Å². The topological polar surface area (TPSA) is 64.9 Å². The third kappa shape index (κ3) is 1.97. The summed E-state index contributed by atoms with van der Waals surface area (Å²) < 4.78 is 5.39. The Labute approximate surface area is 110 Å². The number of anilines is 1. The molecule has 0 atom stereocenters. The minimum atomic E-state index is 0.404. The average Bonchev–Trinajstić information content (AvgIpc) is 2.82. The summed E-state index contributed by atoms with van der Waals surface area (Å²) in [5.74, 6) is 1.08. The van der Waals surface area contributed by atoms with Gasteiger partial charge in [-0.15, -0.1) is 0 Å². The number of aromatic nitrogens is 2. The van der Waals surface area contributed by atoms with Crippen molar-refractivity contribution in [2.24, 2.45) is 0 Å². The van der Waals surface area contributed by atoms with E-state index in [4.69, 9.17) is 10.3 Å². The van der Waals surface area contributed by atoms with Gasteiger partial charge in [0.2, 0.25) is 0 Å². The molecule has 2 aromatic heterocycles. The van der Waals surface area contributed by atoms with E-state index in [9.17, 15) is 0 Å². The van der Waals surface area contributed by atoms with Crippen LogP contribution in [0.3, 0.4) is 0 Å². The van der Waals surface area contributed by atoms with Crippen molar-refractivity contribution in [1.29, 1.82) is 0 Å². The number of hydrogen-bond acceptors (Lipinski definition) is 4. The molecular weight excluding hydrogens is 238 g/mol. The number of aryl methyl sites for hydroxylation is 1. The highest BCUT2D eigenvalue weighted by molar-refractivity contribution is 5.87. The predicted octanol–water partition coefficient (Wildman–Crippen LogP) is 3.29. The minimum Gasteiger partial charge on any atom is -0.380 e. The Kier molecular flexibility index (Phi) is 2.76. The van der Waals surface area contributed by atoms with Crippen LogP contribution in [0.15, 0.2) is 53.3 Å². The van der Waals surface area contributed by atoms with Crippen molar-refractivity contribution in [2.75, 3.05) is 5.73 Å². The van der Waals surface area contributed by atoms with Gasteiger partial charge in [0.25, 0.3) is 0 Å². The molecule has 0 unspecified atom stereocenters. The molecule has 0 saturated heterocycles. The van der Waals surface area contributed by atoms with Gasteiger partial charge in [0.05, 0.1) is 5.56 Å². The third-order valence-electron chi connectivity index (χ3n) is 3.08. The zero-order chi connectivity index (χ0) is 13.2. The van der Waals surface area contributed by atoms with Crippen LogP contribution in [0.2, 0.25) is 0 Å². The SMILES string of the molecule is Cc1ccccc1-c1c(N)noc1-c1ccncc1. The largest absolute Gasteiger partial charge is 0.380 e. The molecule has 1 aromatic carbocycles. The van der Waals surface area contributed by atoms with E-state index in [1.165, 1.54) is 0 Å². The molecular formula is C15H13N3O. The normalized spacial score (nSPS) is 10.6.